The van der Waals surface area contributed by atoms with Crippen molar-refractivity contribution in [2.24, 2.45) is 0 Å². The minimum atomic E-state index is 0.0951. The molecule has 20 heavy (non-hydrogen) atoms. The highest BCUT2D eigenvalue weighted by Crippen LogP contribution is 2.31. The van der Waals surface area contributed by atoms with Gasteiger partial charge in [0.25, 0.3) is 0 Å². The molecule has 0 aliphatic heterocycles. The maximum Gasteiger partial charge on any atom is 0.161 e. The predicted molar refractivity (Wildman–Crippen MR) is 82.2 cm³/mol. The Morgan fingerprint density at radius 3 is 2.90 bits per heavy atom. The third-order valence-electron chi connectivity index (χ3n) is 2.72. The summed E-state index contributed by atoms with van der Waals surface area (Å²) in [6.07, 6.45) is 2.72. The molecule has 0 bridgehead atoms. The molecule has 0 saturated carbocycles. The van der Waals surface area contributed by atoms with Crippen molar-refractivity contribution in [2.45, 2.75) is 13.3 Å². The average molecular weight is 338 g/mol. The first-order valence-corrected chi connectivity index (χ1v) is 7.08. The molecule has 1 aromatic carbocycles. The maximum atomic E-state index is 9.61. The highest BCUT2D eigenvalue weighted by molar-refractivity contribution is 9.10. The Bertz CT molecular complexity index is 605. The Morgan fingerprint density at radius 2 is 2.20 bits per heavy atom. The number of halogens is 1. The summed E-state index contributed by atoms with van der Waals surface area (Å²) in [4.78, 5) is 8.77. The van der Waals surface area contributed by atoms with Gasteiger partial charge in [-0.2, -0.15) is 0 Å². The number of aromatic nitrogens is 2. The average Bonchev–Trinajstić information content (AvgIpc) is 2.47. The van der Waals surface area contributed by atoms with Gasteiger partial charge in [-0.1, -0.05) is 6.92 Å². The molecular formula is C14H16BrN3O2. The molecule has 1 heterocycles. The molecule has 2 aromatic rings. The standard InChI is InChI=1S/C14H16BrN3O2/c1-3-6-16-14-10(15)8-17-13(18-14)9-4-5-11(19)12(7-9)20-2/h4-5,7-8,19H,3,6H2,1-2H3,(H,16,17,18). The number of benzene rings is 1. The second-order valence-corrected chi connectivity index (χ2v) is 5.06. The Balaban J connectivity index is 2.37. The number of nitrogens with zero attached hydrogens (tertiary/aromatic N) is 2. The lowest BCUT2D eigenvalue weighted by atomic mass is 10.2. The zero-order valence-electron chi connectivity index (χ0n) is 11.4. The van der Waals surface area contributed by atoms with Crippen LogP contribution in [-0.2, 0) is 0 Å². The van der Waals surface area contributed by atoms with Gasteiger partial charge in [-0.05, 0) is 40.5 Å². The highest BCUT2D eigenvalue weighted by atomic mass is 79.9. The summed E-state index contributed by atoms with van der Waals surface area (Å²) in [5.41, 5.74) is 0.784. The minimum Gasteiger partial charge on any atom is -0.504 e. The second-order valence-electron chi connectivity index (χ2n) is 4.20. The molecule has 0 amide bonds. The van der Waals surface area contributed by atoms with E-state index in [1.807, 2.05) is 0 Å². The van der Waals surface area contributed by atoms with Gasteiger partial charge in [0.15, 0.2) is 17.3 Å². The van der Waals surface area contributed by atoms with Gasteiger partial charge in [-0.25, -0.2) is 9.97 Å². The highest BCUT2D eigenvalue weighted by Gasteiger charge is 2.09. The van der Waals surface area contributed by atoms with E-state index < -0.39 is 0 Å². The molecule has 0 spiro atoms. The van der Waals surface area contributed by atoms with Crippen molar-refractivity contribution >= 4 is 21.7 Å². The largest absolute Gasteiger partial charge is 0.504 e. The van der Waals surface area contributed by atoms with Gasteiger partial charge in [0.05, 0.1) is 11.6 Å². The van der Waals surface area contributed by atoms with Gasteiger partial charge in [-0.3, -0.25) is 0 Å². The molecule has 6 heteroatoms. The van der Waals surface area contributed by atoms with Gasteiger partial charge in [-0.15, -0.1) is 0 Å². The number of phenolic OH excluding ortho intramolecular Hbond substituents is 1. The van der Waals surface area contributed by atoms with Crippen LogP contribution in [0.25, 0.3) is 11.4 Å². The number of methoxy groups -OCH3 is 1. The molecule has 0 fully saturated rings. The van der Waals surface area contributed by atoms with E-state index in [0.717, 1.165) is 28.8 Å². The Kier molecular flexibility index (Phi) is 4.79. The van der Waals surface area contributed by atoms with Gasteiger partial charge >= 0.3 is 0 Å². The van der Waals surface area contributed by atoms with Crippen LogP contribution >= 0.6 is 15.9 Å². The molecule has 0 aliphatic carbocycles. The fourth-order valence-electron chi connectivity index (χ4n) is 1.69. The minimum absolute atomic E-state index is 0.0951. The summed E-state index contributed by atoms with van der Waals surface area (Å²) in [7, 11) is 1.51. The number of hydrogen-bond donors (Lipinski definition) is 2. The normalized spacial score (nSPS) is 10.3. The molecule has 2 rings (SSSR count). The van der Waals surface area contributed by atoms with Crippen LogP contribution in [0.4, 0.5) is 5.82 Å². The summed E-state index contributed by atoms with van der Waals surface area (Å²) < 4.78 is 5.92. The molecule has 0 atom stereocenters. The number of phenols is 1. The summed E-state index contributed by atoms with van der Waals surface area (Å²) in [6, 6.07) is 5.03. The van der Waals surface area contributed by atoms with Gasteiger partial charge in [0.2, 0.25) is 0 Å². The summed E-state index contributed by atoms with van der Waals surface area (Å²) in [5, 5.41) is 12.8. The summed E-state index contributed by atoms with van der Waals surface area (Å²) in [5.74, 6) is 1.82. The van der Waals surface area contributed by atoms with Crippen molar-refractivity contribution in [2.75, 3.05) is 19.0 Å². The van der Waals surface area contributed by atoms with Crippen molar-refractivity contribution in [1.82, 2.24) is 9.97 Å². The lowest BCUT2D eigenvalue weighted by Crippen LogP contribution is -2.04. The maximum absolute atomic E-state index is 9.61. The van der Waals surface area contributed by atoms with Gasteiger partial charge in [0.1, 0.15) is 5.82 Å². The molecule has 0 radical (unpaired) electrons. The van der Waals surface area contributed by atoms with Crippen LogP contribution < -0.4 is 10.1 Å². The van der Waals surface area contributed by atoms with Crippen molar-refractivity contribution in [3.63, 3.8) is 0 Å². The SMILES string of the molecule is CCCNc1nc(-c2ccc(O)c(OC)c2)ncc1Br. The Hall–Kier alpha value is -1.82. The molecule has 0 saturated heterocycles. The van der Waals surface area contributed by atoms with Crippen molar-refractivity contribution in [3.05, 3.63) is 28.9 Å². The van der Waals surface area contributed by atoms with E-state index in [0.29, 0.717) is 11.6 Å². The zero-order valence-corrected chi connectivity index (χ0v) is 12.9. The number of ether oxygens (including phenoxy) is 1. The number of nitrogens with one attached hydrogen (secondary N) is 1. The third kappa shape index (κ3) is 3.19. The molecular weight excluding hydrogens is 322 g/mol. The quantitative estimate of drug-likeness (QED) is 0.874. The van der Waals surface area contributed by atoms with E-state index in [4.69, 9.17) is 4.74 Å². The van der Waals surface area contributed by atoms with E-state index in [9.17, 15) is 5.11 Å². The van der Waals surface area contributed by atoms with Crippen LogP contribution in [0.5, 0.6) is 11.5 Å². The van der Waals surface area contributed by atoms with Crippen LogP contribution in [0.3, 0.4) is 0 Å². The zero-order chi connectivity index (χ0) is 14.5. The first-order valence-electron chi connectivity index (χ1n) is 6.29. The Labute approximate surface area is 126 Å². The van der Waals surface area contributed by atoms with Crippen LogP contribution in [0.1, 0.15) is 13.3 Å². The first-order chi connectivity index (χ1) is 9.65. The molecule has 0 unspecified atom stereocenters. The van der Waals surface area contributed by atoms with Crippen molar-refractivity contribution in [1.29, 1.82) is 0 Å². The smallest absolute Gasteiger partial charge is 0.161 e. The van der Waals surface area contributed by atoms with Crippen LogP contribution in [0.2, 0.25) is 0 Å². The fraction of sp³-hybridized carbons (Fsp3) is 0.286. The monoisotopic (exact) mass is 337 g/mol. The number of anilines is 1. The number of hydrogen-bond acceptors (Lipinski definition) is 5. The lowest BCUT2D eigenvalue weighted by molar-refractivity contribution is 0.373. The van der Waals surface area contributed by atoms with Gasteiger partial charge < -0.3 is 15.2 Å². The molecule has 106 valence electrons. The van der Waals surface area contributed by atoms with Crippen LogP contribution in [0, 0.1) is 0 Å². The molecule has 1 aromatic heterocycles. The topological polar surface area (TPSA) is 67.3 Å². The third-order valence-corrected chi connectivity index (χ3v) is 3.30. The van der Waals surface area contributed by atoms with E-state index >= 15 is 0 Å². The van der Waals surface area contributed by atoms with E-state index in [1.165, 1.54) is 7.11 Å². The number of rotatable bonds is 5. The Morgan fingerprint density at radius 1 is 1.40 bits per heavy atom. The summed E-state index contributed by atoms with van der Waals surface area (Å²) >= 11 is 3.42. The molecule has 2 N–H and O–H groups in total. The fourth-order valence-corrected chi connectivity index (χ4v) is 2.02. The van der Waals surface area contributed by atoms with E-state index in [2.05, 4.69) is 38.1 Å². The van der Waals surface area contributed by atoms with Crippen LogP contribution in [0.15, 0.2) is 28.9 Å². The predicted octanol–water partition coefficient (Wildman–Crippen LogP) is 3.44. The molecule has 0 aliphatic rings. The van der Waals surface area contributed by atoms with Gasteiger partial charge in [0, 0.05) is 18.3 Å². The molecule has 5 nitrogen and oxygen atoms in total. The summed E-state index contributed by atoms with van der Waals surface area (Å²) in [6.45, 7) is 2.93. The first kappa shape index (κ1) is 14.6. The van der Waals surface area contributed by atoms with Crippen molar-refractivity contribution < 1.29 is 9.84 Å². The van der Waals surface area contributed by atoms with E-state index in [-0.39, 0.29) is 5.75 Å². The number of aromatic hydroxyl groups is 1. The van der Waals surface area contributed by atoms with E-state index in [1.54, 1.807) is 24.4 Å². The van der Waals surface area contributed by atoms with Crippen LogP contribution in [-0.4, -0.2) is 28.7 Å². The van der Waals surface area contributed by atoms with Crippen molar-refractivity contribution in [3.8, 4) is 22.9 Å². The lowest BCUT2D eigenvalue weighted by Gasteiger charge is -2.09. The second kappa shape index (κ2) is 6.56.